The van der Waals surface area contributed by atoms with Crippen molar-refractivity contribution in [3.05, 3.63) is 47.0 Å². The molecule has 0 radical (unpaired) electrons. The van der Waals surface area contributed by atoms with Crippen molar-refractivity contribution in [1.29, 1.82) is 0 Å². The number of rotatable bonds is 3. The summed E-state index contributed by atoms with van der Waals surface area (Å²) in [6.45, 7) is 0. The first-order valence-corrected chi connectivity index (χ1v) is 6.06. The van der Waals surface area contributed by atoms with Crippen LogP contribution in [0.15, 0.2) is 36.4 Å². The number of nitrogens with one attached hydrogen (secondary N) is 1. The van der Waals surface area contributed by atoms with Crippen molar-refractivity contribution in [2.24, 2.45) is 0 Å². The molecule has 1 amide bonds. The summed E-state index contributed by atoms with van der Waals surface area (Å²) in [5, 5.41) is 21.7. The lowest BCUT2D eigenvalue weighted by atomic mass is 10.1. The Balaban J connectivity index is 2.25. The van der Waals surface area contributed by atoms with E-state index >= 15 is 0 Å². The van der Waals surface area contributed by atoms with Gasteiger partial charge in [-0.05, 0) is 36.4 Å². The van der Waals surface area contributed by atoms with Crippen LogP contribution in [-0.2, 0) is 0 Å². The van der Waals surface area contributed by atoms with Gasteiger partial charge >= 0.3 is 0 Å². The quantitative estimate of drug-likeness (QED) is 0.760. The Hall–Kier alpha value is -2.40. The average Bonchev–Trinajstić information content (AvgIpc) is 2.43. The minimum Gasteiger partial charge on any atom is -0.507 e. The lowest BCUT2D eigenvalue weighted by molar-refractivity contribution is 0.102. The molecule has 0 bridgehead atoms. The molecule has 20 heavy (non-hydrogen) atoms. The molecule has 0 fully saturated rings. The standard InChI is InChI=1S/C14H12ClNO4/c1-20-9-3-5-12(17)10(7-9)14(19)16-8-2-4-13(18)11(15)6-8/h2-7,17-18H,1H3,(H,16,19). The minimum atomic E-state index is -0.511. The zero-order valence-corrected chi connectivity index (χ0v) is 11.3. The second-order valence-electron chi connectivity index (χ2n) is 4.00. The predicted octanol–water partition coefficient (Wildman–Crippen LogP) is 3.01. The zero-order chi connectivity index (χ0) is 14.7. The molecule has 0 aliphatic carbocycles. The van der Waals surface area contributed by atoms with Crippen molar-refractivity contribution in [3.63, 3.8) is 0 Å². The highest BCUT2D eigenvalue weighted by Gasteiger charge is 2.13. The molecule has 0 spiro atoms. The van der Waals surface area contributed by atoms with Crippen molar-refractivity contribution in [2.45, 2.75) is 0 Å². The van der Waals surface area contributed by atoms with E-state index in [0.29, 0.717) is 11.4 Å². The van der Waals surface area contributed by atoms with Gasteiger partial charge in [0.05, 0.1) is 17.7 Å². The van der Waals surface area contributed by atoms with E-state index in [1.54, 1.807) is 6.07 Å². The van der Waals surface area contributed by atoms with Crippen LogP contribution in [0.1, 0.15) is 10.4 Å². The van der Waals surface area contributed by atoms with Crippen molar-refractivity contribution < 1.29 is 19.7 Å². The van der Waals surface area contributed by atoms with E-state index in [4.69, 9.17) is 16.3 Å². The van der Waals surface area contributed by atoms with Crippen LogP contribution >= 0.6 is 11.6 Å². The first-order valence-electron chi connectivity index (χ1n) is 5.68. The smallest absolute Gasteiger partial charge is 0.259 e. The van der Waals surface area contributed by atoms with Gasteiger partial charge in [0, 0.05) is 5.69 Å². The molecule has 2 rings (SSSR count). The number of ether oxygens (including phenoxy) is 1. The Morgan fingerprint density at radius 2 is 1.85 bits per heavy atom. The molecular formula is C14H12ClNO4. The molecule has 3 N–H and O–H groups in total. The third-order valence-electron chi connectivity index (χ3n) is 2.65. The molecule has 0 unspecified atom stereocenters. The topological polar surface area (TPSA) is 78.8 Å². The summed E-state index contributed by atoms with van der Waals surface area (Å²) in [7, 11) is 1.47. The summed E-state index contributed by atoms with van der Waals surface area (Å²) in [6, 6.07) is 8.61. The van der Waals surface area contributed by atoms with Crippen molar-refractivity contribution in [3.8, 4) is 17.2 Å². The second kappa shape index (κ2) is 5.71. The van der Waals surface area contributed by atoms with Gasteiger partial charge < -0.3 is 20.3 Å². The molecule has 0 atom stereocenters. The SMILES string of the molecule is COc1ccc(O)c(C(=O)Nc2ccc(O)c(Cl)c2)c1. The van der Waals surface area contributed by atoms with Gasteiger partial charge in [-0.25, -0.2) is 0 Å². The Kier molecular flexibility index (Phi) is 4.00. The van der Waals surface area contributed by atoms with Crippen LogP contribution in [0.4, 0.5) is 5.69 Å². The van der Waals surface area contributed by atoms with Crippen LogP contribution in [-0.4, -0.2) is 23.2 Å². The molecule has 0 saturated carbocycles. The third kappa shape index (κ3) is 2.95. The van der Waals surface area contributed by atoms with Gasteiger partial charge in [0.2, 0.25) is 0 Å². The minimum absolute atomic E-state index is 0.0751. The number of carbonyl (C=O) groups is 1. The molecule has 6 heteroatoms. The van der Waals surface area contributed by atoms with Gasteiger partial charge in [0.15, 0.2) is 0 Å². The van der Waals surface area contributed by atoms with Crippen LogP contribution in [0.2, 0.25) is 5.02 Å². The van der Waals surface area contributed by atoms with Gasteiger partial charge in [-0.3, -0.25) is 4.79 Å². The highest BCUT2D eigenvalue weighted by Crippen LogP contribution is 2.28. The molecule has 2 aromatic carbocycles. The molecule has 0 aliphatic rings. The fourth-order valence-electron chi connectivity index (χ4n) is 1.61. The molecule has 5 nitrogen and oxygen atoms in total. The molecule has 2 aromatic rings. The number of aromatic hydroxyl groups is 2. The number of hydrogen-bond donors (Lipinski definition) is 3. The molecule has 0 aliphatic heterocycles. The number of benzene rings is 2. The van der Waals surface area contributed by atoms with E-state index in [9.17, 15) is 15.0 Å². The average molecular weight is 294 g/mol. The highest BCUT2D eigenvalue weighted by atomic mass is 35.5. The lowest BCUT2D eigenvalue weighted by Gasteiger charge is -2.09. The zero-order valence-electron chi connectivity index (χ0n) is 10.6. The monoisotopic (exact) mass is 293 g/mol. The van der Waals surface area contributed by atoms with Crippen LogP contribution < -0.4 is 10.1 Å². The third-order valence-corrected chi connectivity index (χ3v) is 2.96. The van der Waals surface area contributed by atoms with E-state index in [0.717, 1.165) is 0 Å². The summed E-state index contributed by atoms with van der Waals surface area (Å²) in [5.41, 5.74) is 0.480. The fourth-order valence-corrected chi connectivity index (χ4v) is 1.79. The van der Waals surface area contributed by atoms with Gasteiger partial charge in [-0.2, -0.15) is 0 Å². The van der Waals surface area contributed by atoms with Crippen LogP contribution in [0.5, 0.6) is 17.2 Å². The summed E-state index contributed by atoms with van der Waals surface area (Å²) in [5.74, 6) is -0.290. The lowest BCUT2D eigenvalue weighted by Crippen LogP contribution is -2.12. The molecular weight excluding hydrogens is 282 g/mol. The summed E-state index contributed by atoms with van der Waals surface area (Å²) in [4.78, 5) is 12.1. The number of hydrogen-bond acceptors (Lipinski definition) is 4. The number of anilines is 1. The number of halogens is 1. The van der Waals surface area contributed by atoms with Gasteiger partial charge in [0.25, 0.3) is 5.91 Å². The van der Waals surface area contributed by atoms with E-state index in [1.807, 2.05) is 0 Å². The maximum Gasteiger partial charge on any atom is 0.259 e. The molecule has 0 aromatic heterocycles. The van der Waals surface area contributed by atoms with Gasteiger partial charge in [-0.15, -0.1) is 0 Å². The predicted molar refractivity (Wildman–Crippen MR) is 75.7 cm³/mol. The Labute approximate surface area is 120 Å². The van der Waals surface area contributed by atoms with E-state index in [2.05, 4.69) is 5.32 Å². The Morgan fingerprint density at radius 3 is 2.50 bits per heavy atom. The highest BCUT2D eigenvalue weighted by molar-refractivity contribution is 6.32. The number of carbonyl (C=O) groups excluding carboxylic acids is 1. The van der Waals surface area contributed by atoms with Crippen molar-refractivity contribution >= 4 is 23.2 Å². The molecule has 0 saturated heterocycles. The van der Waals surface area contributed by atoms with E-state index in [-0.39, 0.29) is 22.1 Å². The number of phenolic OH excluding ortho intramolecular Hbond substituents is 2. The maximum atomic E-state index is 12.1. The number of phenols is 2. The van der Waals surface area contributed by atoms with E-state index in [1.165, 1.54) is 37.4 Å². The van der Waals surface area contributed by atoms with Crippen LogP contribution in [0.25, 0.3) is 0 Å². The normalized spacial score (nSPS) is 10.1. The van der Waals surface area contributed by atoms with Crippen LogP contribution in [0, 0.1) is 0 Å². The molecule has 0 heterocycles. The first kappa shape index (κ1) is 14.0. The molecule has 104 valence electrons. The summed E-state index contributed by atoms with van der Waals surface area (Å²) < 4.78 is 5.00. The van der Waals surface area contributed by atoms with E-state index < -0.39 is 5.91 Å². The van der Waals surface area contributed by atoms with Crippen LogP contribution in [0.3, 0.4) is 0 Å². The number of methoxy groups -OCH3 is 1. The van der Waals surface area contributed by atoms with Gasteiger partial charge in [0.1, 0.15) is 17.2 Å². The second-order valence-corrected chi connectivity index (χ2v) is 4.41. The summed E-state index contributed by atoms with van der Waals surface area (Å²) >= 11 is 5.75. The largest absolute Gasteiger partial charge is 0.507 e. The van der Waals surface area contributed by atoms with Crippen molar-refractivity contribution in [2.75, 3.05) is 12.4 Å². The summed E-state index contributed by atoms with van der Waals surface area (Å²) in [6.07, 6.45) is 0. The Morgan fingerprint density at radius 1 is 1.15 bits per heavy atom. The van der Waals surface area contributed by atoms with Crippen molar-refractivity contribution in [1.82, 2.24) is 0 Å². The number of amides is 1. The maximum absolute atomic E-state index is 12.1. The Bertz CT molecular complexity index is 658. The van der Waals surface area contributed by atoms with Gasteiger partial charge in [-0.1, -0.05) is 11.6 Å². The fraction of sp³-hybridized carbons (Fsp3) is 0.0714. The first-order chi connectivity index (χ1) is 9.51.